The zero-order chi connectivity index (χ0) is 28.7. The Kier molecular flexibility index (Phi) is 8.57. The molecule has 0 saturated carbocycles. The van der Waals surface area contributed by atoms with Gasteiger partial charge < -0.3 is 20.7 Å². The maximum Gasteiger partial charge on any atom is 0.310 e. The summed E-state index contributed by atoms with van der Waals surface area (Å²) in [6, 6.07) is 17.6. The highest BCUT2D eigenvalue weighted by Gasteiger charge is 2.28. The summed E-state index contributed by atoms with van der Waals surface area (Å²) in [5.74, 6) is 2.61. The van der Waals surface area contributed by atoms with Crippen LogP contribution in [-0.4, -0.2) is 68.6 Å². The Bertz CT molecular complexity index is 1510. The molecule has 2 aliphatic heterocycles. The number of hydrogen-bond donors (Lipinski definition) is 3. The molecule has 1 aromatic carbocycles. The van der Waals surface area contributed by atoms with E-state index in [2.05, 4.69) is 57.9 Å². The Morgan fingerprint density at radius 1 is 0.976 bits per heavy atom. The van der Waals surface area contributed by atoms with Crippen molar-refractivity contribution in [3.63, 3.8) is 0 Å². The summed E-state index contributed by atoms with van der Waals surface area (Å²) in [4.78, 5) is 37.3. The average Bonchev–Trinajstić information content (AvgIpc) is 2.98. The molecule has 216 valence electrons. The van der Waals surface area contributed by atoms with E-state index in [-0.39, 0.29) is 11.9 Å². The number of benzene rings is 1. The number of ether oxygens (including phenoxy) is 1. The molecule has 1 atom stereocenters. The zero-order valence-corrected chi connectivity index (χ0v) is 23.7. The molecular formula is C31H35N9O2. The summed E-state index contributed by atoms with van der Waals surface area (Å²) in [6.07, 6.45) is 5.29. The van der Waals surface area contributed by atoms with Gasteiger partial charge in [0.05, 0.1) is 12.5 Å². The van der Waals surface area contributed by atoms with Crippen LogP contribution in [0.1, 0.15) is 24.1 Å². The van der Waals surface area contributed by atoms with Gasteiger partial charge in [0.25, 0.3) is 0 Å². The summed E-state index contributed by atoms with van der Waals surface area (Å²) >= 11 is 0. The molecule has 3 aromatic heterocycles. The minimum Gasteiger partial charge on any atom is -0.465 e. The number of nitrogens with one attached hydrogen (secondary N) is 3. The molecule has 3 N–H and O–H groups in total. The molecule has 42 heavy (non-hydrogen) atoms. The highest BCUT2D eigenvalue weighted by Crippen LogP contribution is 2.23. The molecule has 0 aliphatic carbocycles. The summed E-state index contributed by atoms with van der Waals surface area (Å²) in [7, 11) is 0. The molecule has 11 nitrogen and oxygen atoms in total. The molecule has 2 aliphatic rings. The van der Waals surface area contributed by atoms with Crippen LogP contribution in [0.5, 0.6) is 0 Å². The largest absolute Gasteiger partial charge is 0.465 e. The molecular weight excluding hydrogens is 530 g/mol. The normalized spacial score (nSPS) is 17.3. The molecule has 0 bridgehead atoms. The van der Waals surface area contributed by atoms with Crippen LogP contribution >= 0.6 is 0 Å². The van der Waals surface area contributed by atoms with E-state index < -0.39 is 0 Å². The molecule has 0 spiro atoms. The Hall–Kier alpha value is -4.48. The number of carbonyl (C=O) groups excluding carboxylic acids is 1. The number of carbonyl (C=O) groups is 1. The fourth-order valence-corrected chi connectivity index (χ4v) is 5.10. The van der Waals surface area contributed by atoms with Crippen LogP contribution in [-0.2, 0) is 16.1 Å². The second-order valence-electron chi connectivity index (χ2n) is 10.9. The SMILES string of the molecule is Cc1cccc(-c2nccc(Nc3ccnc(Nc4ccc(CN5CCC[C@H](C(=O)OCC6CNC6)C5)cc4)n3)n2)n1. The van der Waals surface area contributed by atoms with Gasteiger partial charge in [0, 0.05) is 55.9 Å². The smallest absolute Gasteiger partial charge is 0.310 e. The van der Waals surface area contributed by atoms with Gasteiger partial charge in [0.2, 0.25) is 5.95 Å². The van der Waals surface area contributed by atoms with Gasteiger partial charge in [-0.15, -0.1) is 0 Å². The molecule has 0 amide bonds. The lowest BCUT2D eigenvalue weighted by atomic mass is 9.97. The third kappa shape index (κ3) is 7.23. The van der Waals surface area contributed by atoms with E-state index in [9.17, 15) is 4.79 Å². The van der Waals surface area contributed by atoms with Gasteiger partial charge in [-0.2, -0.15) is 4.98 Å². The molecule has 11 heteroatoms. The van der Waals surface area contributed by atoms with Crippen LogP contribution in [0.4, 0.5) is 23.3 Å². The number of esters is 1. The zero-order valence-electron chi connectivity index (χ0n) is 23.7. The number of nitrogens with zero attached hydrogens (tertiary/aromatic N) is 6. The van der Waals surface area contributed by atoms with Gasteiger partial charge in [-0.1, -0.05) is 18.2 Å². The van der Waals surface area contributed by atoms with Crippen molar-refractivity contribution in [2.75, 3.05) is 43.4 Å². The van der Waals surface area contributed by atoms with Gasteiger partial charge in [-0.25, -0.2) is 19.9 Å². The maximum absolute atomic E-state index is 12.6. The first-order valence-corrected chi connectivity index (χ1v) is 14.4. The standard InChI is InChI=1S/C31H35N9O2/c1-21-4-2-6-26(35-21)29-33-13-11-27(38-29)37-28-12-14-34-31(39-28)36-25-9-7-22(8-10-25)18-40-15-3-5-24(19-40)30(41)42-20-23-16-32-17-23/h2,4,6-14,23-24,32H,3,5,15-20H2,1H3,(H2,33,34,36,37,38,39)/t24-/m0/s1. The second kappa shape index (κ2) is 13.0. The lowest BCUT2D eigenvalue weighted by molar-refractivity contribution is -0.152. The van der Waals surface area contributed by atoms with E-state index in [4.69, 9.17) is 4.74 Å². The van der Waals surface area contributed by atoms with Crippen LogP contribution in [0.3, 0.4) is 0 Å². The van der Waals surface area contributed by atoms with Crippen LogP contribution in [0.2, 0.25) is 0 Å². The number of hydrogen-bond acceptors (Lipinski definition) is 11. The molecule has 6 rings (SSSR count). The van der Waals surface area contributed by atoms with Crippen molar-refractivity contribution in [3.05, 3.63) is 78.2 Å². The van der Waals surface area contributed by atoms with E-state index in [0.717, 1.165) is 56.9 Å². The number of aromatic nitrogens is 5. The Morgan fingerprint density at radius 2 is 1.79 bits per heavy atom. The van der Waals surface area contributed by atoms with Crippen LogP contribution < -0.4 is 16.0 Å². The highest BCUT2D eigenvalue weighted by atomic mass is 16.5. The minimum absolute atomic E-state index is 0.0427. The van der Waals surface area contributed by atoms with Crippen molar-refractivity contribution < 1.29 is 9.53 Å². The lowest BCUT2D eigenvalue weighted by Gasteiger charge is -2.32. The van der Waals surface area contributed by atoms with Crippen molar-refractivity contribution in [3.8, 4) is 11.5 Å². The van der Waals surface area contributed by atoms with Gasteiger partial charge in [-0.3, -0.25) is 9.69 Å². The van der Waals surface area contributed by atoms with Gasteiger partial charge in [0.15, 0.2) is 5.82 Å². The van der Waals surface area contributed by atoms with Crippen molar-refractivity contribution in [2.45, 2.75) is 26.3 Å². The van der Waals surface area contributed by atoms with Crippen molar-refractivity contribution in [1.29, 1.82) is 0 Å². The maximum atomic E-state index is 12.6. The molecule has 2 fully saturated rings. The first kappa shape index (κ1) is 27.7. The first-order chi connectivity index (χ1) is 20.6. The van der Waals surface area contributed by atoms with E-state index in [0.29, 0.717) is 41.6 Å². The van der Waals surface area contributed by atoms with Crippen LogP contribution in [0, 0.1) is 18.8 Å². The molecule has 5 heterocycles. The second-order valence-corrected chi connectivity index (χ2v) is 10.9. The predicted molar refractivity (Wildman–Crippen MR) is 160 cm³/mol. The first-order valence-electron chi connectivity index (χ1n) is 14.4. The number of rotatable bonds is 10. The van der Waals surface area contributed by atoms with Crippen molar-refractivity contribution in [1.82, 2.24) is 35.1 Å². The summed E-state index contributed by atoms with van der Waals surface area (Å²) in [5.41, 5.74) is 3.70. The fourth-order valence-electron chi connectivity index (χ4n) is 5.10. The number of likely N-dealkylation sites (tertiary alicyclic amines) is 1. The molecule has 4 aromatic rings. The Labute approximate surface area is 245 Å². The van der Waals surface area contributed by atoms with Crippen molar-refractivity contribution >= 4 is 29.2 Å². The fraction of sp³-hybridized carbons (Fsp3) is 0.355. The summed E-state index contributed by atoms with van der Waals surface area (Å²) in [5, 5.41) is 9.72. The summed E-state index contributed by atoms with van der Waals surface area (Å²) < 4.78 is 5.59. The van der Waals surface area contributed by atoms with Gasteiger partial charge in [0.1, 0.15) is 17.3 Å². The number of pyridine rings is 1. The minimum atomic E-state index is -0.0497. The molecule has 0 unspecified atom stereocenters. The highest BCUT2D eigenvalue weighted by molar-refractivity contribution is 5.72. The topological polar surface area (TPSA) is 130 Å². The third-order valence-corrected chi connectivity index (χ3v) is 7.47. The quantitative estimate of drug-likeness (QED) is 0.240. The lowest BCUT2D eigenvalue weighted by Crippen LogP contribution is -2.45. The molecule has 2 saturated heterocycles. The van der Waals surface area contributed by atoms with Gasteiger partial charge in [-0.05, 0) is 68.3 Å². The van der Waals surface area contributed by atoms with Gasteiger partial charge >= 0.3 is 5.97 Å². The monoisotopic (exact) mass is 565 g/mol. The van der Waals surface area contributed by atoms with Crippen LogP contribution in [0.15, 0.2) is 67.0 Å². The van der Waals surface area contributed by atoms with E-state index in [1.54, 1.807) is 24.5 Å². The van der Waals surface area contributed by atoms with E-state index in [1.807, 2.05) is 37.3 Å². The van der Waals surface area contributed by atoms with E-state index in [1.165, 1.54) is 5.56 Å². The number of aryl methyl sites for hydroxylation is 1. The number of anilines is 4. The number of piperidine rings is 1. The van der Waals surface area contributed by atoms with Crippen LogP contribution in [0.25, 0.3) is 11.5 Å². The van der Waals surface area contributed by atoms with E-state index >= 15 is 0 Å². The third-order valence-electron chi connectivity index (χ3n) is 7.47. The Morgan fingerprint density at radius 3 is 2.57 bits per heavy atom. The average molecular weight is 566 g/mol. The predicted octanol–water partition coefficient (Wildman–Crippen LogP) is 4.10. The summed E-state index contributed by atoms with van der Waals surface area (Å²) in [6.45, 7) is 6.89. The molecule has 0 radical (unpaired) electrons. The Balaban J connectivity index is 1.02. The van der Waals surface area contributed by atoms with Crippen molar-refractivity contribution in [2.24, 2.45) is 11.8 Å².